The minimum atomic E-state index is -0.00508. The van der Waals surface area contributed by atoms with Crippen molar-refractivity contribution in [2.24, 2.45) is 0 Å². The predicted molar refractivity (Wildman–Crippen MR) is 89.2 cm³/mol. The van der Waals surface area contributed by atoms with Gasteiger partial charge in [-0.2, -0.15) is 0 Å². The van der Waals surface area contributed by atoms with E-state index < -0.39 is 0 Å². The van der Waals surface area contributed by atoms with Gasteiger partial charge in [0.2, 0.25) is 5.91 Å². The molecule has 0 unspecified atom stereocenters. The largest absolute Gasteiger partial charge is 0.326 e. The quantitative estimate of drug-likeness (QED) is 0.773. The molecule has 1 aliphatic carbocycles. The van der Waals surface area contributed by atoms with Gasteiger partial charge in [0.1, 0.15) is 0 Å². The lowest BCUT2D eigenvalue weighted by Crippen LogP contribution is -2.31. The fourth-order valence-corrected chi connectivity index (χ4v) is 2.97. The van der Waals surface area contributed by atoms with Gasteiger partial charge >= 0.3 is 0 Å². The van der Waals surface area contributed by atoms with Crippen LogP contribution in [0.25, 0.3) is 0 Å². The summed E-state index contributed by atoms with van der Waals surface area (Å²) in [5, 5.41) is 7.27. The fraction of sp³-hybridized carbons (Fsp3) is 0.562. The van der Waals surface area contributed by atoms with E-state index in [0.29, 0.717) is 28.2 Å². The lowest BCUT2D eigenvalue weighted by Gasteiger charge is -2.15. The maximum Gasteiger partial charge on any atom is 0.225 e. The van der Waals surface area contributed by atoms with Crippen LogP contribution in [0.5, 0.6) is 0 Å². The Hall–Kier alpha value is -0.770. The van der Waals surface area contributed by atoms with E-state index in [1.165, 1.54) is 38.5 Å². The van der Waals surface area contributed by atoms with Crippen LogP contribution in [0.3, 0.4) is 0 Å². The first kappa shape index (κ1) is 16.6. The highest BCUT2D eigenvalue weighted by atomic mass is 35.5. The van der Waals surface area contributed by atoms with Crippen molar-refractivity contribution in [2.75, 3.05) is 11.9 Å². The average Bonchev–Trinajstić information content (AvgIpc) is 2.72. The van der Waals surface area contributed by atoms with Crippen LogP contribution in [0.15, 0.2) is 18.2 Å². The molecule has 0 heterocycles. The predicted octanol–water partition coefficient (Wildman–Crippen LogP) is 4.63. The molecule has 0 spiro atoms. The molecular formula is C16H22Cl2N2O. The normalized spacial score (nSPS) is 16.5. The van der Waals surface area contributed by atoms with Crippen molar-refractivity contribution < 1.29 is 4.79 Å². The lowest BCUT2D eigenvalue weighted by atomic mass is 10.1. The number of carbonyl (C=O) groups excluding carboxylic acids is 1. The molecule has 1 aliphatic rings. The van der Waals surface area contributed by atoms with Crippen LogP contribution < -0.4 is 10.6 Å². The standard InChI is InChI=1S/C16H22Cl2N2O/c17-14-8-7-13(11-15(14)18)20-16(21)9-10-19-12-5-3-1-2-4-6-12/h7-8,11-12,19H,1-6,9-10H2,(H,20,21). The van der Waals surface area contributed by atoms with Crippen LogP contribution in [0.1, 0.15) is 44.9 Å². The number of anilines is 1. The molecule has 0 saturated heterocycles. The Morgan fingerprint density at radius 1 is 1.10 bits per heavy atom. The van der Waals surface area contributed by atoms with Gasteiger partial charge in [0.05, 0.1) is 10.0 Å². The monoisotopic (exact) mass is 328 g/mol. The van der Waals surface area contributed by atoms with E-state index in [-0.39, 0.29) is 5.91 Å². The van der Waals surface area contributed by atoms with Crippen LogP contribution >= 0.6 is 23.2 Å². The van der Waals surface area contributed by atoms with E-state index in [0.717, 1.165) is 6.54 Å². The van der Waals surface area contributed by atoms with Crippen molar-refractivity contribution in [1.82, 2.24) is 5.32 Å². The van der Waals surface area contributed by atoms with Crippen molar-refractivity contribution in [2.45, 2.75) is 51.0 Å². The van der Waals surface area contributed by atoms with E-state index >= 15 is 0 Å². The zero-order chi connectivity index (χ0) is 15.1. The van der Waals surface area contributed by atoms with Crippen LogP contribution in [0.2, 0.25) is 10.0 Å². The zero-order valence-corrected chi connectivity index (χ0v) is 13.6. The van der Waals surface area contributed by atoms with Crippen LogP contribution in [0.4, 0.5) is 5.69 Å². The van der Waals surface area contributed by atoms with Crippen LogP contribution in [-0.4, -0.2) is 18.5 Å². The summed E-state index contributed by atoms with van der Waals surface area (Å²) in [5.74, 6) is -0.00508. The number of rotatable bonds is 5. The number of benzene rings is 1. The summed E-state index contributed by atoms with van der Waals surface area (Å²) < 4.78 is 0. The van der Waals surface area contributed by atoms with Crippen LogP contribution in [-0.2, 0) is 4.79 Å². The Kier molecular flexibility index (Phi) is 6.81. The highest BCUT2D eigenvalue weighted by molar-refractivity contribution is 6.42. The molecule has 0 radical (unpaired) electrons. The van der Waals surface area contributed by atoms with Gasteiger partial charge in [-0.25, -0.2) is 0 Å². The fourth-order valence-electron chi connectivity index (χ4n) is 2.67. The second-order valence-electron chi connectivity index (χ2n) is 5.57. The van der Waals surface area contributed by atoms with E-state index in [2.05, 4.69) is 10.6 Å². The van der Waals surface area contributed by atoms with Crippen molar-refractivity contribution in [3.63, 3.8) is 0 Å². The average molecular weight is 329 g/mol. The number of carbonyl (C=O) groups is 1. The Labute approximate surface area is 136 Å². The summed E-state index contributed by atoms with van der Waals surface area (Å²) in [5.41, 5.74) is 0.684. The number of nitrogens with one attached hydrogen (secondary N) is 2. The molecule has 2 rings (SSSR count). The first-order valence-electron chi connectivity index (χ1n) is 7.63. The maximum atomic E-state index is 11.9. The van der Waals surface area contributed by atoms with Gasteiger partial charge in [-0.05, 0) is 31.0 Å². The first-order valence-corrected chi connectivity index (χ1v) is 8.39. The minimum Gasteiger partial charge on any atom is -0.326 e. The highest BCUT2D eigenvalue weighted by Crippen LogP contribution is 2.25. The van der Waals surface area contributed by atoms with Crippen molar-refractivity contribution in [3.05, 3.63) is 28.2 Å². The van der Waals surface area contributed by atoms with E-state index in [1.807, 2.05) is 0 Å². The smallest absolute Gasteiger partial charge is 0.225 e. The van der Waals surface area contributed by atoms with Gasteiger partial charge < -0.3 is 10.6 Å². The number of halogens is 2. The van der Waals surface area contributed by atoms with Crippen molar-refractivity contribution in [1.29, 1.82) is 0 Å². The molecule has 0 aromatic heterocycles. The van der Waals surface area contributed by atoms with Gasteiger partial charge in [0.15, 0.2) is 0 Å². The SMILES string of the molecule is O=C(CCNC1CCCCCC1)Nc1ccc(Cl)c(Cl)c1. The summed E-state index contributed by atoms with van der Waals surface area (Å²) in [4.78, 5) is 11.9. The van der Waals surface area contributed by atoms with E-state index in [4.69, 9.17) is 23.2 Å². The van der Waals surface area contributed by atoms with Gasteiger partial charge in [0, 0.05) is 24.7 Å². The number of hydrogen-bond acceptors (Lipinski definition) is 2. The van der Waals surface area contributed by atoms with Gasteiger partial charge in [-0.3, -0.25) is 4.79 Å². The highest BCUT2D eigenvalue weighted by Gasteiger charge is 2.12. The van der Waals surface area contributed by atoms with Crippen molar-refractivity contribution in [3.8, 4) is 0 Å². The number of hydrogen-bond donors (Lipinski definition) is 2. The molecule has 1 amide bonds. The van der Waals surface area contributed by atoms with Gasteiger partial charge in [-0.1, -0.05) is 48.9 Å². The second-order valence-corrected chi connectivity index (χ2v) is 6.38. The van der Waals surface area contributed by atoms with Crippen molar-refractivity contribution >= 4 is 34.8 Å². The molecule has 1 saturated carbocycles. The van der Waals surface area contributed by atoms with Gasteiger partial charge in [0.25, 0.3) is 0 Å². The molecule has 1 aromatic carbocycles. The van der Waals surface area contributed by atoms with Crippen LogP contribution in [0, 0.1) is 0 Å². The molecule has 2 N–H and O–H groups in total. The molecule has 0 atom stereocenters. The van der Waals surface area contributed by atoms with E-state index in [1.54, 1.807) is 18.2 Å². The molecule has 1 fully saturated rings. The Morgan fingerprint density at radius 2 is 1.81 bits per heavy atom. The first-order chi connectivity index (χ1) is 10.1. The molecule has 3 nitrogen and oxygen atoms in total. The summed E-state index contributed by atoms with van der Waals surface area (Å²) >= 11 is 11.8. The Balaban J connectivity index is 1.70. The van der Waals surface area contributed by atoms with E-state index in [9.17, 15) is 4.79 Å². The second kappa shape index (κ2) is 8.62. The molecule has 0 aliphatic heterocycles. The summed E-state index contributed by atoms with van der Waals surface area (Å²) in [7, 11) is 0. The maximum absolute atomic E-state index is 11.9. The minimum absolute atomic E-state index is 0.00508. The Bertz CT molecular complexity index is 471. The summed E-state index contributed by atoms with van der Waals surface area (Å²) in [6.45, 7) is 0.720. The topological polar surface area (TPSA) is 41.1 Å². The molecular weight excluding hydrogens is 307 g/mol. The molecule has 5 heteroatoms. The summed E-state index contributed by atoms with van der Waals surface area (Å²) in [6, 6.07) is 5.68. The zero-order valence-electron chi connectivity index (χ0n) is 12.1. The molecule has 1 aromatic rings. The third-order valence-corrected chi connectivity index (χ3v) is 4.58. The summed E-state index contributed by atoms with van der Waals surface area (Å²) in [6.07, 6.45) is 8.21. The molecule has 21 heavy (non-hydrogen) atoms. The third-order valence-electron chi connectivity index (χ3n) is 3.84. The molecule has 116 valence electrons. The number of amides is 1. The third kappa shape index (κ3) is 5.85. The molecule has 0 bridgehead atoms. The lowest BCUT2D eigenvalue weighted by molar-refractivity contribution is -0.116. The van der Waals surface area contributed by atoms with Gasteiger partial charge in [-0.15, -0.1) is 0 Å². The Morgan fingerprint density at radius 3 is 2.48 bits per heavy atom.